The van der Waals surface area contributed by atoms with Crippen molar-refractivity contribution in [3.05, 3.63) is 84.2 Å². The maximum Gasteiger partial charge on any atom is 0.201 e. The van der Waals surface area contributed by atoms with Gasteiger partial charge < -0.3 is 15.6 Å². The zero-order valence-corrected chi connectivity index (χ0v) is 13.8. The van der Waals surface area contributed by atoms with Crippen LogP contribution in [0.3, 0.4) is 0 Å². The average molecular weight is 329 g/mol. The Morgan fingerprint density at radius 3 is 2.60 bits per heavy atom. The first-order valence-electron chi connectivity index (χ1n) is 8.23. The van der Waals surface area contributed by atoms with Crippen LogP contribution in [0.2, 0.25) is 0 Å². The topological polar surface area (TPSA) is 68.8 Å². The molecule has 0 saturated carbocycles. The molecule has 5 nitrogen and oxygen atoms in total. The number of nitrogens with one attached hydrogen (secondary N) is 1. The third-order valence-electron chi connectivity index (χ3n) is 4.16. The molecular weight excluding hydrogens is 310 g/mol. The first-order chi connectivity index (χ1) is 12.3. The van der Waals surface area contributed by atoms with Crippen LogP contribution in [0, 0.1) is 0 Å². The number of para-hydroxylation sites is 1. The first kappa shape index (κ1) is 15.2. The Labute approximate surface area is 146 Å². The van der Waals surface area contributed by atoms with Gasteiger partial charge in [0.1, 0.15) is 0 Å². The molecule has 124 valence electrons. The van der Waals surface area contributed by atoms with E-state index in [1.54, 1.807) is 6.20 Å². The molecule has 2 aromatic heterocycles. The minimum absolute atomic E-state index is 0.508. The van der Waals surface area contributed by atoms with Crippen molar-refractivity contribution in [2.24, 2.45) is 0 Å². The molecule has 3 N–H and O–H groups in total. The number of nitrogens with two attached hydrogens (primary N) is 1. The van der Waals surface area contributed by atoms with E-state index in [0.29, 0.717) is 12.5 Å². The van der Waals surface area contributed by atoms with E-state index in [1.807, 2.05) is 47.0 Å². The molecule has 2 heterocycles. The Morgan fingerprint density at radius 1 is 0.960 bits per heavy atom. The Kier molecular flexibility index (Phi) is 4.04. The quantitative estimate of drug-likeness (QED) is 0.586. The van der Waals surface area contributed by atoms with Gasteiger partial charge in [-0.3, -0.25) is 4.98 Å². The maximum atomic E-state index is 6.12. The summed E-state index contributed by atoms with van der Waals surface area (Å²) in [5.41, 5.74) is 11.3. The zero-order valence-electron chi connectivity index (χ0n) is 13.8. The smallest absolute Gasteiger partial charge is 0.201 e. The highest BCUT2D eigenvalue weighted by molar-refractivity contribution is 5.79. The number of benzene rings is 2. The second kappa shape index (κ2) is 6.65. The fraction of sp³-hybridized carbons (Fsp3) is 0.100. The summed E-state index contributed by atoms with van der Waals surface area (Å²) >= 11 is 0. The van der Waals surface area contributed by atoms with Gasteiger partial charge in [-0.2, -0.15) is 0 Å². The lowest BCUT2D eigenvalue weighted by atomic mass is 10.2. The molecule has 0 fully saturated rings. The number of nitrogens with zero attached hydrogens (tertiary/aromatic N) is 3. The van der Waals surface area contributed by atoms with E-state index in [1.165, 1.54) is 5.56 Å². The zero-order chi connectivity index (χ0) is 17.1. The number of pyridine rings is 1. The van der Waals surface area contributed by atoms with Crippen molar-refractivity contribution < 1.29 is 0 Å². The van der Waals surface area contributed by atoms with Crippen LogP contribution < -0.4 is 11.1 Å². The van der Waals surface area contributed by atoms with Gasteiger partial charge in [-0.1, -0.05) is 30.3 Å². The number of hydrogen-bond donors (Lipinski definition) is 2. The summed E-state index contributed by atoms with van der Waals surface area (Å²) in [5.74, 6) is 0.508. The summed E-state index contributed by atoms with van der Waals surface area (Å²) in [4.78, 5) is 8.84. The van der Waals surface area contributed by atoms with Crippen molar-refractivity contribution in [2.45, 2.75) is 13.1 Å². The fourth-order valence-electron chi connectivity index (χ4n) is 2.88. The average Bonchev–Trinajstić information content (AvgIpc) is 2.97. The van der Waals surface area contributed by atoms with Crippen LogP contribution in [0.1, 0.15) is 11.3 Å². The third kappa shape index (κ3) is 3.30. The molecule has 0 aliphatic heterocycles. The minimum atomic E-state index is 0.508. The van der Waals surface area contributed by atoms with Gasteiger partial charge in [0.15, 0.2) is 0 Å². The summed E-state index contributed by atoms with van der Waals surface area (Å²) in [5, 5.41) is 3.43. The first-order valence-corrected chi connectivity index (χ1v) is 8.23. The molecule has 0 saturated heterocycles. The van der Waals surface area contributed by atoms with E-state index in [9.17, 15) is 0 Å². The van der Waals surface area contributed by atoms with Gasteiger partial charge in [0.25, 0.3) is 0 Å². The summed E-state index contributed by atoms with van der Waals surface area (Å²) in [6.45, 7) is 1.35. The van der Waals surface area contributed by atoms with Crippen molar-refractivity contribution >= 4 is 22.7 Å². The maximum absolute atomic E-state index is 6.12. The van der Waals surface area contributed by atoms with Crippen molar-refractivity contribution in [3.63, 3.8) is 0 Å². The largest absolute Gasteiger partial charge is 0.381 e. The summed E-state index contributed by atoms with van der Waals surface area (Å²) in [7, 11) is 0. The molecule has 0 aliphatic rings. The molecule has 0 amide bonds. The standard InChI is InChI=1S/C20H19N5/c21-20-24-18-10-9-15(13-23-16-6-2-1-3-7-16)12-19(18)25(20)14-17-8-4-5-11-22-17/h1-12,23H,13-14H2,(H2,21,24). The lowest BCUT2D eigenvalue weighted by Gasteiger charge is -2.09. The van der Waals surface area contributed by atoms with Crippen molar-refractivity contribution in [1.82, 2.24) is 14.5 Å². The molecular formula is C20H19N5. The molecule has 2 aromatic carbocycles. The van der Waals surface area contributed by atoms with Crippen molar-refractivity contribution in [1.29, 1.82) is 0 Å². The molecule has 5 heteroatoms. The molecule has 25 heavy (non-hydrogen) atoms. The van der Waals surface area contributed by atoms with Gasteiger partial charge in [-0.05, 0) is 42.0 Å². The Balaban J connectivity index is 1.61. The molecule has 0 radical (unpaired) electrons. The third-order valence-corrected chi connectivity index (χ3v) is 4.16. The van der Waals surface area contributed by atoms with Gasteiger partial charge >= 0.3 is 0 Å². The highest BCUT2D eigenvalue weighted by Crippen LogP contribution is 2.21. The van der Waals surface area contributed by atoms with Crippen LogP contribution in [0.4, 0.5) is 11.6 Å². The highest BCUT2D eigenvalue weighted by atomic mass is 15.2. The van der Waals surface area contributed by atoms with Crippen LogP contribution in [0.15, 0.2) is 72.9 Å². The van der Waals surface area contributed by atoms with Crippen LogP contribution in [0.5, 0.6) is 0 Å². The highest BCUT2D eigenvalue weighted by Gasteiger charge is 2.10. The van der Waals surface area contributed by atoms with Crippen LogP contribution in [-0.4, -0.2) is 14.5 Å². The second-order valence-electron chi connectivity index (χ2n) is 5.92. The number of anilines is 2. The van der Waals surface area contributed by atoms with Crippen molar-refractivity contribution in [2.75, 3.05) is 11.1 Å². The Bertz CT molecular complexity index is 977. The Hall–Kier alpha value is -3.34. The van der Waals surface area contributed by atoms with Gasteiger partial charge in [0, 0.05) is 18.4 Å². The summed E-state index contributed by atoms with van der Waals surface area (Å²) in [6, 6.07) is 22.3. The van der Waals surface area contributed by atoms with Gasteiger partial charge in [0.05, 0.1) is 23.3 Å². The summed E-state index contributed by atoms with van der Waals surface area (Å²) < 4.78 is 2.00. The molecule has 0 bridgehead atoms. The number of hydrogen-bond acceptors (Lipinski definition) is 4. The molecule has 0 atom stereocenters. The lowest BCUT2D eigenvalue weighted by Crippen LogP contribution is -2.06. The van der Waals surface area contributed by atoms with E-state index >= 15 is 0 Å². The van der Waals surface area contributed by atoms with E-state index in [0.717, 1.165) is 29.0 Å². The van der Waals surface area contributed by atoms with Crippen molar-refractivity contribution in [3.8, 4) is 0 Å². The predicted octanol–water partition coefficient (Wildman–Crippen LogP) is 3.67. The van der Waals surface area contributed by atoms with Gasteiger partial charge in [-0.15, -0.1) is 0 Å². The normalized spacial score (nSPS) is 10.9. The van der Waals surface area contributed by atoms with Crippen LogP contribution in [0.25, 0.3) is 11.0 Å². The summed E-state index contributed by atoms with van der Waals surface area (Å²) in [6.07, 6.45) is 1.79. The number of fused-ring (bicyclic) bond motifs is 1. The minimum Gasteiger partial charge on any atom is -0.381 e. The SMILES string of the molecule is Nc1nc2ccc(CNc3ccccc3)cc2n1Cc1ccccn1. The molecule has 0 aliphatic carbocycles. The Morgan fingerprint density at radius 2 is 1.80 bits per heavy atom. The van der Waals surface area contributed by atoms with Crippen LogP contribution in [-0.2, 0) is 13.1 Å². The van der Waals surface area contributed by atoms with E-state index < -0.39 is 0 Å². The second-order valence-corrected chi connectivity index (χ2v) is 5.92. The monoisotopic (exact) mass is 329 g/mol. The number of aromatic nitrogens is 3. The molecule has 0 unspecified atom stereocenters. The van der Waals surface area contributed by atoms with E-state index in [2.05, 4.69) is 39.6 Å². The fourth-order valence-corrected chi connectivity index (χ4v) is 2.88. The lowest BCUT2D eigenvalue weighted by molar-refractivity contribution is 0.809. The van der Waals surface area contributed by atoms with Gasteiger partial charge in [0.2, 0.25) is 5.95 Å². The molecule has 4 aromatic rings. The van der Waals surface area contributed by atoms with E-state index in [-0.39, 0.29) is 0 Å². The number of rotatable bonds is 5. The molecule has 0 spiro atoms. The number of nitrogen functional groups attached to an aromatic ring is 1. The number of imidazole rings is 1. The molecule has 4 rings (SSSR count). The van der Waals surface area contributed by atoms with Gasteiger partial charge in [-0.25, -0.2) is 4.98 Å². The van der Waals surface area contributed by atoms with Crippen LogP contribution >= 0.6 is 0 Å². The van der Waals surface area contributed by atoms with E-state index in [4.69, 9.17) is 5.73 Å². The predicted molar refractivity (Wildman–Crippen MR) is 101 cm³/mol.